The molecule has 6 fully saturated rings. The zero-order chi connectivity index (χ0) is 32.8. The van der Waals surface area contributed by atoms with E-state index in [4.69, 9.17) is 9.47 Å². The normalized spacial score (nSPS) is 37.0. The second-order valence-corrected chi connectivity index (χ2v) is 15.2. The third-order valence-electron chi connectivity index (χ3n) is 11.7. The van der Waals surface area contributed by atoms with Crippen LogP contribution in [-0.4, -0.2) is 146 Å². The average Bonchev–Trinajstić information content (AvgIpc) is 3.50. The lowest BCUT2D eigenvalue weighted by Crippen LogP contribution is -2.63. The summed E-state index contributed by atoms with van der Waals surface area (Å²) in [6.07, 6.45) is 10.1. The number of β-amino-alcohol motifs (C(OH)–C–C–N with tert-alkyl or cyclic N) is 1. The highest BCUT2D eigenvalue weighted by Crippen LogP contribution is 2.29. The molecule has 13 heteroatoms. The van der Waals surface area contributed by atoms with Gasteiger partial charge in [-0.3, -0.25) is 35.8 Å². The fourth-order valence-corrected chi connectivity index (χ4v) is 8.77. The number of nitrogens with one attached hydrogen (secondary N) is 5. The number of likely N-dealkylation sites (tertiary alicyclic amines) is 3. The average molecular weight is 663 g/mol. The van der Waals surface area contributed by atoms with E-state index in [0.717, 1.165) is 84.2 Å². The lowest BCUT2D eigenvalue weighted by atomic mass is 9.84. The van der Waals surface area contributed by atoms with Crippen LogP contribution in [-0.2, 0) is 19.1 Å². The second-order valence-electron chi connectivity index (χ2n) is 15.2. The Balaban J connectivity index is 0.930. The van der Waals surface area contributed by atoms with Crippen LogP contribution >= 0.6 is 0 Å². The number of hydrogen-bond donors (Lipinski definition) is 6. The van der Waals surface area contributed by atoms with Crippen molar-refractivity contribution in [3.05, 3.63) is 0 Å². The van der Waals surface area contributed by atoms with Crippen molar-refractivity contribution in [1.29, 1.82) is 0 Å². The first-order chi connectivity index (χ1) is 22.8. The third kappa shape index (κ3) is 9.85. The molecule has 9 atom stereocenters. The van der Waals surface area contributed by atoms with E-state index < -0.39 is 6.10 Å². The van der Waals surface area contributed by atoms with Gasteiger partial charge in [0.25, 0.3) is 0 Å². The Hall–Kier alpha value is -1.42. The summed E-state index contributed by atoms with van der Waals surface area (Å²) in [4.78, 5) is 32.2. The summed E-state index contributed by atoms with van der Waals surface area (Å²) in [5, 5.41) is 28.8. The Kier molecular flexibility index (Phi) is 12.8. The highest BCUT2D eigenvalue weighted by Gasteiger charge is 2.38. The topological polar surface area (TPSA) is 143 Å². The van der Waals surface area contributed by atoms with Crippen molar-refractivity contribution in [3.8, 4) is 0 Å². The number of rotatable bonds is 11. The van der Waals surface area contributed by atoms with Crippen LogP contribution in [0.25, 0.3) is 0 Å². The van der Waals surface area contributed by atoms with Crippen molar-refractivity contribution < 1.29 is 24.2 Å². The van der Waals surface area contributed by atoms with Crippen molar-refractivity contribution in [2.75, 3.05) is 65.7 Å². The predicted octanol–water partition coefficient (Wildman–Crippen LogP) is -0.0473. The van der Waals surface area contributed by atoms with Crippen molar-refractivity contribution in [2.24, 2.45) is 11.8 Å². The minimum absolute atomic E-state index is 0.0530. The first-order valence-corrected chi connectivity index (χ1v) is 18.7. The molecule has 6 aliphatic heterocycles. The highest BCUT2D eigenvalue weighted by atomic mass is 16.6. The van der Waals surface area contributed by atoms with Gasteiger partial charge in [0.2, 0.25) is 11.8 Å². The van der Waals surface area contributed by atoms with Crippen molar-refractivity contribution in [1.82, 2.24) is 41.3 Å². The van der Waals surface area contributed by atoms with Crippen LogP contribution in [0, 0.1) is 11.8 Å². The highest BCUT2D eigenvalue weighted by molar-refractivity contribution is 5.78. The second kappa shape index (κ2) is 17.0. The SMILES string of the molecule is CC(=O)N1CCC(NC2CC(C(=O)NCC(O)CN3CCC4NC(OCC5OCNC5C)CCC4C3)CC(N3CCCCC3)N2)CC1. The van der Waals surface area contributed by atoms with Gasteiger partial charge >= 0.3 is 0 Å². The molecule has 0 aromatic rings. The molecule has 0 bridgehead atoms. The number of ether oxygens (including phenoxy) is 2. The van der Waals surface area contributed by atoms with Crippen LogP contribution in [0.4, 0.5) is 0 Å². The summed E-state index contributed by atoms with van der Waals surface area (Å²) in [6, 6.07) is 1.10. The molecule has 268 valence electrons. The molecule has 47 heavy (non-hydrogen) atoms. The zero-order valence-electron chi connectivity index (χ0n) is 28.8. The molecule has 6 rings (SSSR count). The smallest absolute Gasteiger partial charge is 0.223 e. The van der Waals surface area contributed by atoms with Crippen LogP contribution in [0.3, 0.4) is 0 Å². The maximum absolute atomic E-state index is 13.6. The van der Waals surface area contributed by atoms with E-state index in [2.05, 4.69) is 43.3 Å². The number of aliphatic hydroxyl groups excluding tert-OH is 1. The maximum atomic E-state index is 13.6. The van der Waals surface area contributed by atoms with E-state index in [0.29, 0.717) is 43.9 Å². The number of amides is 2. The van der Waals surface area contributed by atoms with Gasteiger partial charge in [-0.15, -0.1) is 0 Å². The van der Waals surface area contributed by atoms with Gasteiger partial charge in [0.1, 0.15) is 6.23 Å². The van der Waals surface area contributed by atoms with Gasteiger partial charge in [0.05, 0.1) is 37.9 Å². The molecule has 0 aliphatic carbocycles. The molecule has 9 unspecified atom stereocenters. The number of piperidine rings is 5. The molecule has 0 spiro atoms. The number of nitrogens with zero attached hydrogens (tertiary/aromatic N) is 3. The minimum Gasteiger partial charge on any atom is -0.390 e. The molecular formula is C34H62N8O5. The quantitative estimate of drug-likeness (QED) is 0.177. The Morgan fingerprint density at radius 2 is 1.81 bits per heavy atom. The van der Waals surface area contributed by atoms with Crippen molar-refractivity contribution in [3.63, 3.8) is 0 Å². The lowest BCUT2D eigenvalue weighted by Gasteiger charge is -2.45. The molecule has 6 heterocycles. The van der Waals surface area contributed by atoms with Gasteiger partial charge in [0, 0.05) is 63.7 Å². The zero-order valence-corrected chi connectivity index (χ0v) is 28.8. The van der Waals surface area contributed by atoms with Gasteiger partial charge < -0.3 is 29.7 Å². The molecular weight excluding hydrogens is 600 g/mol. The monoisotopic (exact) mass is 662 g/mol. The minimum atomic E-state index is -0.592. The molecule has 13 nitrogen and oxygen atoms in total. The summed E-state index contributed by atoms with van der Waals surface area (Å²) >= 11 is 0. The predicted molar refractivity (Wildman–Crippen MR) is 179 cm³/mol. The van der Waals surface area contributed by atoms with Crippen molar-refractivity contribution >= 4 is 11.8 Å². The first kappa shape index (κ1) is 35.4. The third-order valence-corrected chi connectivity index (χ3v) is 11.7. The van der Waals surface area contributed by atoms with E-state index in [1.54, 1.807) is 6.92 Å². The summed E-state index contributed by atoms with van der Waals surface area (Å²) in [5.41, 5.74) is 0. The molecule has 0 aromatic carbocycles. The maximum Gasteiger partial charge on any atom is 0.223 e. The number of fused-ring (bicyclic) bond motifs is 1. The number of carbonyl (C=O) groups excluding carboxylic acids is 2. The van der Waals surface area contributed by atoms with E-state index >= 15 is 0 Å². The number of hydrogen-bond acceptors (Lipinski definition) is 11. The van der Waals surface area contributed by atoms with Gasteiger partial charge in [-0.05, 0) is 90.3 Å². The van der Waals surface area contributed by atoms with Gasteiger partial charge in [0.15, 0.2) is 0 Å². The summed E-state index contributed by atoms with van der Waals surface area (Å²) in [5.74, 6) is 0.648. The summed E-state index contributed by atoms with van der Waals surface area (Å²) in [7, 11) is 0. The fraction of sp³-hybridized carbons (Fsp3) is 0.941. The largest absolute Gasteiger partial charge is 0.390 e. The molecule has 2 amide bonds. The summed E-state index contributed by atoms with van der Waals surface area (Å²) in [6.45, 7) is 11.5. The molecule has 0 saturated carbocycles. The molecule has 6 N–H and O–H groups in total. The van der Waals surface area contributed by atoms with E-state index in [-0.39, 0.29) is 48.9 Å². The van der Waals surface area contributed by atoms with Crippen LogP contribution < -0.4 is 26.6 Å². The molecule has 0 aromatic heterocycles. The molecule has 0 radical (unpaired) electrons. The van der Waals surface area contributed by atoms with E-state index in [1.807, 2.05) is 4.90 Å². The van der Waals surface area contributed by atoms with Crippen molar-refractivity contribution in [2.45, 2.75) is 127 Å². The Morgan fingerprint density at radius 3 is 2.55 bits per heavy atom. The number of carbonyl (C=O) groups is 2. The van der Waals surface area contributed by atoms with Crippen LogP contribution in [0.1, 0.15) is 78.1 Å². The van der Waals surface area contributed by atoms with Crippen LogP contribution in [0.2, 0.25) is 0 Å². The van der Waals surface area contributed by atoms with Crippen LogP contribution in [0.15, 0.2) is 0 Å². The Bertz CT molecular complexity index is 1010. The Morgan fingerprint density at radius 1 is 1.00 bits per heavy atom. The van der Waals surface area contributed by atoms with E-state index in [1.165, 1.54) is 19.3 Å². The fourth-order valence-electron chi connectivity index (χ4n) is 8.77. The molecule has 6 saturated heterocycles. The standard InChI is InChI=1S/C34H62N8O5/c1-23-30(47-22-36-23)21-46-33-7-6-25-19-40(13-10-29(25)38-33)20-28(44)18-35-34(45)26-16-31(37-27-8-14-41(15-9-27)24(2)43)39-32(17-26)42-11-4-3-5-12-42/h23,25-33,36-39,44H,3-22H2,1-2H3,(H,35,45). The molecule has 6 aliphatic rings. The van der Waals surface area contributed by atoms with E-state index in [9.17, 15) is 14.7 Å². The van der Waals surface area contributed by atoms with Gasteiger partial charge in [-0.1, -0.05) is 6.42 Å². The Labute approximate surface area is 281 Å². The summed E-state index contributed by atoms with van der Waals surface area (Å²) < 4.78 is 11.9. The van der Waals surface area contributed by atoms with Gasteiger partial charge in [-0.2, -0.15) is 0 Å². The van der Waals surface area contributed by atoms with Gasteiger partial charge in [-0.25, -0.2) is 0 Å². The van der Waals surface area contributed by atoms with Crippen LogP contribution in [0.5, 0.6) is 0 Å². The first-order valence-electron chi connectivity index (χ1n) is 18.7. The number of aliphatic hydroxyl groups is 1. The lowest BCUT2D eigenvalue weighted by molar-refractivity contribution is -0.130.